The molecule has 2 N–H and O–H groups in total. The number of nitrogens with zero attached hydrogens (tertiary/aromatic N) is 3. The summed E-state index contributed by atoms with van der Waals surface area (Å²) in [5.41, 5.74) is 1.55. The van der Waals surface area contributed by atoms with Gasteiger partial charge in [0.2, 0.25) is 5.13 Å². The number of aliphatic hydroxyl groups is 1. The number of rotatable bonds is 8. The van der Waals surface area contributed by atoms with Crippen LogP contribution >= 0.6 is 23.1 Å². The van der Waals surface area contributed by atoms with Gasteiger partial charge in [0.15, 0.2) is 15.9 Å². The largest absolute Gasteiger partial charge is 0.508 e. The van der Waals surface area contributed by atoms with Gasteiger partial charge in [0.25, 0.3) is 5.91 Å². The van der Waals surface area contributed by atoms with Crippen LogP contribution in [0.25, 0.3) is 6.08 Å². The van der Waals surface area contributed by atoms with Crippen LogP contribution in [0.1, 0.15) is 22.7 Å². The van der Waals surface area contributed by atoms with Crippen molar-refractivity contribution in [3.05, 3.63) is 119 Å². The van der Waals surface area contributed by atoms with Crippen LogP contribution in [-0.4, -0.2) is 32.1 Å². The van der Waals surface area contributed by atoms with Crippen LogP contribution in [-0.2, 0) is 15.3 Å². The highest BCUT2D eigenvalue weighted by Crippen LogP contribution is 2.43. The number of thioether (sulfide) groups is 1. The number of hydrogen-bond acceptors (Lipinski definition) is 8. The summed E-state index contributed by atoms with van der Waals surface area (Å²) in [7, 11) is 0. The van der Waals surface area contributed by atoms with Crippen LogP contribution in [0, 0.1) is 5.82 Å². The highest BCUT2D eigenvalue weighted by atomic mass is 32.2. The van der Waals surface area contributed by atoms with Crippen LogP contribution in [0.2, 0.25) is 0 Å². The summed E-state index contributed by atoms with van der Waals surface area (Å²) < 4.78 is 14.5. The lowest BCUT2D eigenvalue weighted by Crippen LogP contribution is -2.30. The maximum Gasteiger partial charge on any atom is 0.296 e. The highest BCUT2D eigenvalue weighted by Gasteiger charge is 2.45. The van der Waals surface area contributed by atoms with Crippen molar-refractivity contribution in [2.75, 3.05) is 4.90 Å². The number of halogens is 1. The molecule has 1 atom stereocenters. The molecule has 38 heavy (non-hydrogen) atoms. The molecule has 0 saturated carbocycles. The predicted octanol–water partition coefficient (Wildman–Crippen LogP) is 5.86. The molecule has 1 unspecified atom stereocenters. The van der Waals surface area contributed by atoms with Gasteiger partial charge in [-0.1, -0.05) is 89.8 Å². The molecule has 1 aliphatic rings. The van der Waals surface area contributed by atoms with E-state index in [-0.39, 0.29) is 22.3 Å². The Bertz CT molecular complexity index is 1570. The number of ketones is 1. The molecule has 0 saturated heterocycles. The molecule has 3 aromatic carbocycles. The molecular weight excluding hydrogens is 525 g/mol. The summed E-state index contributed by atoms with van der Waals surface area (Å²) in [6.45, 7) is 0. The van der Waals surface area contributed by atoms with E-state index in [1.54, 1.807) is 36.4 Å². The zero-order chi connectivity index (χ0) is 26.6. The van der Waals surface area contributed by atoms with Gasteiger partial charge in [-0.25, -0.2) is 4.39 Å². The average Bonchev–Trinajstić information content (AvgIpc) is 3.49. The molecule has 1 amide bonds. The predicted molar refractivity (Wildman–Crippen MR) is 144 cm³/mol. The average molecular weight is 546 g/mol. The molecule has 5 rings (SSSR count). The van der Waals surface area contributed by atoms with Gasteiger partial charge < -0.3 is 10.2 Å². The van der Waals surface area contributed by atoms with Gasteiger partial charge in [0.1, 0.15) is 11.6 Å². The first-order chi connectivity index (χ1) is 18.4. The summed E-state index contributed by atoms with van der Waals surface area (Å²) >= 11 is 2.34. The molecule has 0 fully saturated rings. The second-order valence-electron chi connectivity index (χ2n) is 8.27. The molecule has 1 aliphatic heterocycles. The van der Waals surface area contributed by atoms with E-state index in [0.29, 0.717) is 21.2 Å². The number of aliphatic hydroxyl groups excluding tert-OH is 1. The molecule has 0 radical (unpaired) electrons. The van der Waals surface area contributed by atoms with Crippen LogP contribution < -0.4 is 4.90 Å². The quantitative estimate of drug-likeness (QED) is 0.162. The maximum absolute atomic E-state index is 14.0. The Balaban J connectivity index is 1.47. The van der Waals surface area contributed by atoms with Crippen LogP contribution in [0.3, 0.4) is 0 Å². The van der Waals surface area contributed by atoms with Crippen LogP contribution in [0.5, 0.6) is 5.75 Å². The number of phenolic OH excluding ortho intramolecular Hbond substituents is 1. The first-order valence-electron chi connectivity index (χ1n) is 11.4. The molecule has 0 spiro atoms. The number of aromatic hydroxyl groups is 1. The zero-order valence-electron chi connectivity index (χ0n) is 19.7. The van der Waals surface area contributed by atoms with Crippen molar-refractivity contribution in [2.45, 2.75) is 16.1 Å². The number of carbonyl (C=O) groups excluding carboxylic acids is 2. The number of amides is 1. The minimum Gasteiger partial charge on any atom is -0.508 e. The molecule has 4 aromatic rings. The molecule has 7 nitrogen and oxygen atoms in total. The van der Waals surface area contributed by atoms with Crippen molar-refractivity contribution < 1.29 is 24.2 Å². The first-order valence-corrected chi connectivity index (χ1v) is 13.3. The molecule has 1 aromatic heterocycles. The van der Waals surface area contributed by atoms with E-state index >= 15 is 0 Å². The number of phenols is 1. The highest BCUT2D eigenvalue weighted by molar-refractivity contribution is 8.00. The molecule has 190 valence electrons. The Morgan fingerprint density at radius 1 is 1.03 bits per heavy atom. The van der Waals surface area contributed by atoms with E-state index in [1.807, 2.05) is 30.3 Å². The van der Waals surface area contributed by atoms with Crippen LogP contribution in [0.4, 0.5) is 9.52 Å². The smallest absolute Gasteiger partial charge is 0.296 e. The van der Waals surface area contributed by atoms with Crippen molar-refractivity contribution in [1.82, 2.24) is 10.2 Å². The van der Waals surface area contributed by atoms with Crippen molar-refractivity contribution >= 4 is 46.0 Å². The third-order valence-corrected chi connectivity index (χ3v) is 7.90. The fourth-order valence-electron chi connectivity index (χ4n) is 4.00. The minimum atomic E-state index is -1.04. The summed E-state index contributed by atoms with van der Waals surface area (Å²) in [4.78, 5) is 27.7. The number of aromatic nitrogens is 2. The van der Waals surface area contributed by atoms with Crippen LogP contribution in [0.15, 0.2) is 101 Å². The standard InChI is InChI=1S/C28H20FN3O4S2/c29-21-12-5-4-9-19(21)16-37-28-31-30-27(38-28)32-24(18-10-6-11-20(33)15-18)23(25(35)26(32)36)22(34)14-13-17-7-2-1-3-8-17/h1-15,24,33,35H,16H2. The second-order valence-corrected chi connectivity index (χ2v) is 10.5. The minimum absolute atomic E-state index is 0.0636. The van der Waals surface area contributed by atoms with Crippen molar-refractivity contribution in [1.29, 1.82) is 0 Å². The maximum atomic E-state index is 14.0. The van der Waals surface area contributed by atoms with Crippen molar-refractivity contribution in [3.63, 3.8) is 0 Å². The van der Waals surface area contributed by atoms with E-state index in [2.05, 4.69) is 10.2 Å². The van der Waals surface area contributed by atoms with Gasteiger partial charge in [-0.15, -0.1) is 10.2 Å². The lowest BCUT2D eigenvalue weighted by molar-refractivity contribution is -0.117. The van der Waals surface area contributed by atoms with E-state index in [0.717, 1.165) is 16.9 Å². The Morgan fingerprint density at radius 3 is 2.55 bits per heavy atom. The Kier molecular flexibility index (Phi) is 7.34. The number of anilines is 1. The SMILES string of the molecule is O=C(C=Cc1ccccc1)C1=C(O)C(=O)N(c2nnc(SCc3ccccc3F)s2)C1c1cccc(O)c1. The van der Waals surface area contributed by atoms with E-state index < -0.39 is 23.5 Å². The fourth-order valence-corrected chi connectivity index (χ4v) is 5.86. The summed E-state index contributed by atoms with van der Waals surface area (Å²) in [6, 6.07) is 20.6. The van der Waals surface area contributed by atoms with Gasteiger partial charge >= 0.3 is 0 Å². The number of hydrogen-bond donors (Lipinski definition) is 2. The normalized spacial score (nSPS) is 15.6. The lowest BCUT2D eigenvalue weighted by atomic mass is 9.95. The van der Waals surface area contributed by atoms with Crippen molar-refractivity contribution in [3.8, 4) is 5.75 Å². The Labute approximate surface area is 225 Å². The second kappa shape index (κ2) is 11.0. The van der Waals surface area contributed by atoms with E-state index in [9.17, 15) is 24.2 Å². The fraction of sp³-hybridized carbons (Fsp3) is 0.0714. The molecule has 0 bridgehead atoms. The summed E-state index contributed by atoms with van der Waals surface area (Å²) in [5.74, 6) is -2.15. The number of benzene rings is 3. The van der Waals surface area contributed by atoms with E-state index in [4.69, 9.17) is 0 Å². The van der Waals surface area contributed by atoms with E-state index in [1.165, 1.54) is 40.9 Å². The molecule has 2 heterocycles. The van der Waals surface area contributed by atoms with Gasteiger partial charge in [0.05, 0.1) is 11.6 Å². The first kappa shape index (κ1) is 25.4. The zero-order valence-corrected chi connectivity index (χ0v) is 21.3. The molecule has 10 heteroatoms. The van der Waals surface area contributed by atoms with Gasteiger partial charge in [-0.05, 0) is 41.0 Å². The van der Waals surface area contributed by atoms with Gasteiger partial charge in [-0.3, -0.25) is 14.5 Å². The molecular formula is C28H20FN3O4S2. The topological polar surface area (TPSA) is 104 Å². The third kappa shape index (κ3) is 5.22. The van der Waals surface area contributed by atoms with Gasteiger partial charge in [0, 0.05) is 5.75 Å². The number of allylic oxidation sites excluding steroid dienone is 1. The summed E-state index contributed by atoms with van der Waals surface area (Å²) in [5, 5.41) is 29.3. The third-order valence-electron chi connectivity index (χ3n) is 5.80. The lowest BCUT2D eigenvalue weighted by Gasteiger charge is -2.23. The molecule has 0 aliphatic carbocycles. The Hall–Kier alpha value is -4.28. The van der Waals surface area contributed by atoms with Gasteiger partial charge in [-0.2, -0.15) is 0 Å². The summed E-state index contributed by atoms with van der Waals surface area (Å²) in [6.07, 6.45) is 2.89. The Morgan fingerprint density at radius 2 is 1.79 bits per heavy atom. The van der Waals surface area contributed by atoms with Crippen molar-refractivity contribution in [2.24, 2.45) is 0 Å². The number of carbonyl (C=O) groups is 2. The monoisotopic (exact) mass is 545 g/mol.